The normalized spacial score (nSPS) is 10.2. The van der Waals surface area contributed by atoms with Crippen LogP contribution in [0.3, 0.4) is 0 Å². The molecule has 1 heterocycles. The molecule has 0 saturated carbocycles. The highest BCUT2D eigenvalue weighted by Crippen LogP contribution is 2.22. The van der Waals surface area contributed by atoms with E-state index in [2.05, 4.69) is 21.2 Å². The number of thiophene rings is 1. The van der Waals surface area contributed by atoms with Crippen LogP contribution in [0.15, 0.2) is 40.2 Å². The number of amides is 1. The number of carbonyl (C=O) groups is 1. The van der Waals surface area contributed by atoms with Crippen molar-refractivity contribution in [3.05, 3.63) is 60.7 Å². The summed E-state index contributed by atoms with van der Waals surface area (Å²) in [7, 11) is 0. The van der Waals surface area contributed by atoms with Gasteiger partial charge in [-0.15, -0.1) is 11.3 Å². The van der Waals surface area contributed by atoms with Crippen LogP contribution in [0.1, 0.15) is 10.4 Å². The lowest BCUT2D eigenvalue weighted by Gasteiger charge is -2.04. The van der Waals surface area contributed by atoms with E-state index in [1.807, 2.05) is 11.4 Å². The molecule has 1 N–H and O–H groups in total. The molecule has 0 saturated heterocycles. The molecule has 20 heavy (non-hydrogen) atoms. The molecular formula is C13H11BrN2O3S. The van der Waals surface area contributed by atoms with Gasteiger partial charge >= 0.3 is 0 Å². The first kappa shape index (κ1) is 14.7. The van der Waals surface area contributed by atoms with Crippen molar-refractivity contribution in [2.45, 2.75) is 13.0 Å². The van der Waals surface area contributed by atoms with Gasteiger partial charge in [0.2, 0.25) is 5.91 Å². The van der Waals surface area contributed by atoms with E-state index in [0.29, 0.717) is 6.54 Å². The summed E-state index contributed by atoms with van der Waals surface area (Å²) < 4.78 is 0.984. The van der Waals surface area contributed by atoms with E-state index in [0.717, 1.165) is 14.9 Å². The molecule has 0 aliphatic heterocycles. The SMILES string of the molecule is O=C(Cc1ccc([N+](=O)[O-])cc1)NCc1sccc1Br. The van der Waals surface area contributed by atoms with Crippen molar-refractivity contribution in [2.75, 3.05) is 0 Å². The number of non-ortho nitro benzene ring substituents is 1. The van der Waals surface area contributed by atoms with Crippen LogP contribution in [0, 0.1) is 10.1 Å². The first-order valence-corrected chi connectivity index (χ1v) is 7.45. The second kappa shape index (κ2) is 6.62. The van der Waals surface area contributed by atoms with Crippen molar-refractivity contribution >= 4 is 38.9 Å². The molecule has 0 atom stereocenters. The number of nitrogens with one attached hydrogen (secondary N) is 1. The molecule has 5 nitrogen and oxygen atoms in total. The molecule has 2 rings (SSSR count). The molecule has 0 aliphatic rings. The first-order valence-electron chi connectivity index (χ1n) is 5.78. The maximum absolute atomic E-state index is 11.8. The van der Waals surface area contributed by atoms with Crippen LogP contribution in [0.5, 0.6) is 0 Å². The van der Waals surface area contributed by atoms with Gasteiger partial charge in [-0.3, -0.25) is 14.9 Å². The summed E-state index contributed by atoms with van der Waals surface area (Å²) in [5, 5.41) is 15.3. The van der Waals surface area contributed by atoms with Gasteiger partial charge in [-0.05, 0) is 32.9 Å². The number of nitro benzene ring substituents is 1. The number of hydrogen-bond donors (Lipinski definition) is 1. The number of rotatable bonds is 5. The largest absolute Gasteiger partial charge is 0.351 e. The molecule has 2 aromatic rings. The number of carbonyl (C=O) groups excluding carboxylic acids is 1. The van der Waals surface area contributed by atoms with Crippen LogP contribution < -0.4 is 5.32 Å². The standard InChI is InChI=1S/C13H11BrN2O3S/c14-11-5-6-20-12(11)8-15-13(17)7-9-1-3-10(4-2-9)16(18)19/h1-6H,7-8H2,(H,15,17). The number of nitrogens with zero attached hydrogens (tertiary/aromatic N) is 1. The smallest absolute Gasteiger partial charge is 0.269 e. The van der Waals surface area contributed by atoms with Gasteiger partial charge in [0, 0.05) is 21.5 Å². The third kappa shape index (κ3) is 3.88. The minimum atomic E-state index is -0.460. The molecule has 0 spiro atoms. The van der Waals surface area contributed by atoms with E-state index in [4.69, 9.17) is 0 Å². The first-order chi connectivity index (χ1) is 9.56. The lowest BCUT2D eigenvalue weighted by Crippen LogP contribution is -2.24. The lowest BCUT2D eigenvalue weighted by molar-refractivity contribution is -0.384. The van der Waals surface area contributed by atoms with Crippen LogP contribution in [-0.4, -0.2) is 10.8 Å². The van der Waals surface area contributed by atoms with Crippen LogP contribution in [-0.2, 0) is 17.8 Å². The van der Waals surface area contributed by atoms with Crippen molar-refractivity contribution in [3.8, 4) is 0 Å². The predicted molar refractivity (Wildman–Crippen MR) is 80.7 cm³/mol. The summed E-state index contributed by atoms with van der Waals surface area (Å²) >= 11 is 4.97. The summed E-state index contributed by atoms with van der Waals surface area (Å²) in [5.74, 6) is -0.112. The minimum absolute atomic E-state index is 0.0247. The van der Waals surface area contributed by atoms with E-state index in [1.54, 1.807) is 23.5 Å². The van der Waals surface area contributed by atoms with E-state index in [9.17, 15) is 14.9 Å². The molecular weight excluding hydrogens is 344 g/mol. The fourth-order valence-corrected chi connectivity index (χ4v) is 3.05. The molecule has 0 unspecified atom stereocenters. The minimum Gasteiger partial charge on any atom is -0.351 e. The maximum atomic E-state index is 11.8. The van der Waals surface area contributed by atoms with Crippen LogP contribution in [0.2, 0.25) is 0 Å². The zero-order chi connectivity index (χ0) is 14.5. The monoisotopic (exact) mass is 354 g/mol. The molecule has 0 bridgehead atoms. The van der Waals surface area contributed by atoms with Gasteiger partial charge in [0.15, 0.2) is 0 Å². The van der Waals surface area contributed by atoms with E-state index >= 15 is 0 Å². The van der Waals surface area contributed by atoms with E-state index < -0.39 is 4.92 Å². The molecule has 0 radical (unpaired) electrons. The summed E-state index contributed by atoms with van der Waals surface area (Å²) in [6.07, 6.45) is 0.209. The second-order valence-electron chi connectivity index (χ2n) is 4.07. The summed E-state index contributed by atoms with van der Waals surface area (Å²) in [4.78, 5) is 22.9. The predicted octanol–water partition coefficient (Wildman–Crippen LogP) is 3.28. The molecule has 1 aromatic carbocycles. The Hall–Kier alpha value is -1.73. The molecule has 7 heteroatoms. The van der Waals surface area contributed by atoms with Crippen molar-refractivity contribution in [1.82, 2.24) is 5.32 Å². The van der Waals surface area contributed by atoms with Gasteiger partial charge in [0.05, 0.1) is 17.9 Å². The van der Waals surface area contributed by atoms with Gasteiger partial charge in [0.1, 0.15) is 0 Å². The summed E-state index contributed by atoms with van der Waals surface area (Å²) in [6, 6.07) is 7.93. The Morgan fingerprint density at radius 1 is 1.30 bits per heavy atom. The topological polar surface area (TPSA) is 72.2 Å². The zero-order valence-electron chi connectivity index (χ0n) is 10.3. The Kier molecular flexibility index (Phi) is 4.86. The lowest BCUT2D eigenvalue weighted by atomic mass is 10.1. The van der Waals surface area contributed by atoms with Gasteiger partial charge < -0.3 is 5.32 Å². The van der Waals surface area contributed by atoms with Crippen molar-refractivity contribution in [2.24, 2.45) is 0 Å². The number of hydrogen-bond acceptors (Lipinski definition) is 4. The fraction of sp³-hybridized carbons (Fsp3) is 0.154. The molecule has 0 aliphatic carbocycles. The van der Waals surface area contributed by atoms with E-state index in [-0.39, 0.29) is 18.0 Å². The van der Waals surface area contributed by atoms with Gasteiger partial charge in [-0.25, -0.2) is 0 Å². The van der Waals surface area contributed by atoms with E-state index in [1.165, 1.54) is 12.1 Å². The van der Waals surface area contributed by atoms with Gasteiger partial charge in [-0.1, -0.05) is 12.1 Å². The highest BCUT2D eigenvalue weighted by atomic mass is 79.9. The third-order valence-electron chi connectivity index (χ3n) is 2.65. The Bertz CT molecular complexity index is 625. The van der Waals surface area contributed by atoms with Crippen LogP contribution in [0.25, 0.3) is 0 Å². The number of benzene rings is 1. The third-order valence-corrected chi connectivity index (χ3v) is 4.58. The number of halogens is 1. The second-order valence-corrected chi connectivity index (χ2v) is 5.92. The van der Waals surface area contributed by atoms with Crippen molar-refractivity contribution in [3.63, 3.8) is 0 Å². The Morgan fingerprint density at radius 3 is 2.55 bits per heavy atom. The summed E-state index contributed by atoms with van der Waals surface area (Å²) in [5.41, 5.74) is 0.773. The average molecular weight is 355 g/mol. The van der Waals surface area contributed by atoms with Gasteiger partial charge in [0.25, 0.3) is 5.69 Å². The van der Waals surface area contributed by atoms with Crippen molar-refractivity contribution in [1.29, 1.82) is 0 Å². The Labute approximate surface area is 127 Å². The van der Waals surface area contributed by atoms with Crippen LogP contribution >= 0.6 is 27.3 Å². The quantitative estimate of drug-likeness (QED) is 0.661. The highest BCUT2D eigenvalue weighted by molar-refractivity contribution is 9.10. The number of nitro groups is 1. The van der Waals surface area contributed by atoms with Crippen LogP contribution in [0.4, 0.5) is 5.69 Å². The van der Waals surface area contributed by atoms with Crippen molar-refractivity contribution < 1.29 is 9.72 Å². The molecule has 1 amide bonds. The molecule has 1 aromatic heterocycles. The zero-order valence-corrected chi connectivity index (χ0v) is 12.7. The fourth-order valence-electron chi connectivity index (χ4n) is 1.61. The Morgan fingerprint density at radius 2 is 2.00 bits per heavy atom. The molecule has 0 fully saturated rings. The summed E-state index contributed by atoms with van der Waals surface area (Å²) in [6.45, 7) is 0.476. The Balaban J connectivity index is 1.88. The molecule has 104 valence electrons. The van der Waals surface area contributed by atoms with Gasteiger partial charge in [-0.2, -0.15) is 0 Å². The highest BCUT2D eigenvalue weighted by Gasteiger charge is 2.08. The average Bonchev–Trinajstić information content (AvgIpc) is 2.82. The maximum Gasteiger partial charge on any atom is 0.269 e.